The van der Waals surface area contributed by atoms with Crippen LogP contribution in [-0.4, -0.2) is 42.0 Å². The number of primary amides is 1. The Kier molecular flexibility index (Phi) is 6.67. The minimum atomic E-state index is -0.600. The number of likely N-dealkylation sites (tertiary alicyclic amines) is 1. The number of carbonyl (C=O) groups excluding carboxylic acids is 1. The Morgan fingerprint density at radius 2 is 2.05 bits per heavy atom. The third kappa shape index (κ3) is 5.59. The van der Waals surface area contributed by atoms with Gasteiger partial charge in [0.25, 0.3) is 0 Å². The molecule has 1 fully saturated rings. The average Bonchev–Trinajstić information content (AvgIpc) is 2.57. The van der Waals surface area contributed by atoms with E-state index in [2.05, 4.69) is 37.9 Å². The van der Waals surface area contributed by atoms with Gasteiger partial charge in [0, 0.05) is 6.04 Å². The van der Waals surface area contributed by atoms with Gasteiger partial charge in [-0.05, 0) is 71.0 Å². The van der Waals surface area contributed by atoms with E-state index in [0.29, 0.717) is 11.5 Å². The third-order valence-electron chi connectivity index (χ3n) is 5.01. The first kappa shape index (κ1) is 18.4. The van der Waals surface area contributed by atoms with E-state index >= 15 is 0 Å². The molecule has 124 valence electrons. The highest BCUT2D eigenvalue weighted by molar-refractivity contribution is 5.84. The van der Waals surface area contributed by atoms with Gasteiger partial charge in [-0.1, -0.05) is 20.8 Å². The molecule has 0 aliphatic carbocycles. The molecule has 2 unspecified atom stereocenters. The summed E-state index contributed by atoms with van der Waals surface area (Å²) in [6.07, 6.45) is 5.55. The molecule has 1 aliphatic rings. The molecule has 4 heteroatoms. The van der Waals surface area contributed by atoms with Gasteiger partial charge >= 0.3 is 0 Å². The number of nitrogens with one attached hydrogen (secondary N) is 1. The molecule has 0 spiro atoms. The smallest absolute Gasteiger partial charge is 0.237 e. The van der Waals surface area contributed by atoms with Crippen LogP contribution in [0, 0.1) is 5.41 Å². The number of nitrogens with zero attached hydrogens (tertiary/aromatic N) is 1. The van der Waals surface area contributed by atoms with E-state index in [1.165, 1.54) is 19.3 Å². The zero-order chi connectivity index (χ0) is 16.1. The number of hydrogen-bond acceptors (Lipinski definition) is 3. The van der Waals surface area contributed by atoms with Gasteiger partial charge in [0.2, 0.25) is 5.91 Å². The Morgan fingerprint density at radius 1 is 1.38 bits per heavy atom. The second-order valence-corrected chi connectivity index (χ2v) is 7.73. The van der Waals surface area contributed by atoms with E-state index in [4.69, 9.17) is 5.73 Å². The van der Waals surface area contributed by atoms with Crippen LogP contribution in [-0.2, 0) is 4.79 Å². The molecule has 0 aromatic rings. The Morgan fingerprint density at radius 3 is 2.62 bits per heavy atom. The summed E-state index contributed by atoms with van der Waals surface area (Å²) in [4.78, 5) is 14.4. The molecule has 0 aromatic heterocycles. The Hall–Kier alpha value is -0.610. The van der Waals surface area contributed by atoms with Gasteiger partial charge in [0.1, 0.15) is 0 Å². The summed E-state index contributed by atoms with van der Waals surface area (Å²) >= 11 is 0. The lowest BCUT2D eigenvalue weighted by Gasteiger charge is -2.36. The van der Waals surface area contributed by atoms with Crippen LogP contribution in [0.2, 0.25) is 0 Å². The number of hydrogen-bond donors (Lipinski definition) is 2. The van der Waals surface area contributed by atoms with Crippen molar-refractivity contribution in [3.8, 4) is 0 Å². The van der Waals surface area contributed by atoms with Crippen molar-refractivity contribution in [1.82, 2.24) is 10.2 Å². The molecule has 0 radical (unpaired) electrons. The van der Waals surface area contributed by atoms with Crippen LogP contribution in [0.25, 0.3) is 0 Å². The highest BCUT2D eigenvalue weighted by Crippen LogP contribution is 2.31. The first-order chi connectivity index (χ1) is 9.70. The molecule has 3 N–H and O–H groups in total. The van der Waals surface area contributed by atoms with Gasteiger partial charge in [-0.2, -0.15) is 0 Å². The maximum Gasteiger partial charge on any atom is 0.237 e. The molecular formula is C17H35N3O. The van der Waals surface area contributed by atoms with E-state index < -0.39 is 5.54 Å². The third-order valence-corrected chi connectivity index (χ3v) is 5.01. The molecule has 1 rings (SSSR count). The van der Waals surface area contributed by atoms with Gasteiger partial charge in [-0.15, -0.1) is 0 Å². The van der Waals surface area contributed by atoms with Gasteiger partial charge in [-0.3, -0.25) is 4.79 Å². The van der Waals surface area contributed by atoms with E-state index in [9.17, 15) is 4.79 Å². The van der Waals surface area contributed by atoms with Crippen LogP contribution in [0.5, 0.6) is 0 Å². The fraction of sp³-hybridized carbons (Fsp3) is 0.941. The van der Waals surface area contributed by atoms with Crippen molar-refractivity contribution in [2.75, 3.05) is 19.6 Å². The van der Waals surface area contributed by atoms with Gasteiger partial charge in [0.15, 0.2) is 0 Å². The van der Waals surface area contributed by atoms with Crippen molar-refractivity contribution in [1.29, 1.82) is 0 Å². The normalized spacial score (nSPS) is 24.0. The predicted molar refractivity (Wildman–Crippen MR) is 89.2 cm³/mol. The standard InChI is InChI=1S/C17H35N3O/c1-6-10-19-17(5,15(18)21)13-14(2)20-11-7-8-16(3,4)9-12-20/h14,19H,6-13H2,1-5H3,(H2,18,21). The zero-order valence-electron chi connectivity index (χ0n) is 14.7. The minimum absolute atomic E-state index is 0.238. The highest BCUT2D eigenvalue weighted by Gasteiger charge is 2.34. The Labute approximate surface area is 130 Å². The van der Waals surface area contributed by atoms with Crippen molar-refractivity contribution in [2.45, 2.75) is 78.3 Å². The molecule has 2 atom stereocenters. The lowest BCUT2D eigenvalue weighted by Crippen LogP contribution is -2.56. The maximum atomic E-state index is 11.9. The molecule has 1 heterocycles. The van der Waals surface area contributed by atoms with Crippen molar-refractivity contribution in [2.24, 2.45) is 11.1 Å². The summed E-state index contributed by atoms with van der Waals surface area (Å²) in [5.74, 6) is -0.238. The summed E-state index contributed by atoms with van der Waals surface area (Å²) in [6.45, 7) is 14.1. The molecule has 4 nitrogen and oxygen atoms in total. The topological polar surface area (TPSA) is 58.4 Å². The van der Waals surface area contributed by atoms with Crippen LogP contribution in [0.15, 0.2) is 0 Å². The molecule has 1 amide bonds. The van der Waals surface area contributed by atoms with E-state index in [0.717, 1.165) is 32.5 Å². The fourth-order valence-electron chi connectivity index (χ4n) is 3.27. The van der Waals surface area contributed by atoms with Crippen molar-refractivity contribution in [3.05, 3.63) is 0 Å². The maximum absolute atomic E-state index is 11.9. The summed E-state index contributed by atoms with van der Waals surface area (Å²) < 4.78 is 0. The van der Waals surface area contributed by atoms with Crippen LogP contribution in [0.3, 0.4) is 0 Å². The molecule has 0 bridgehead atoms. The van der Waals surface area contributed by atoms with Crippen LogP contribution in [0.1, 0.15) is 66.7 Å². The summed E-state index contributed by atoms with van der Waals surface area (Å²) in [6, 6.07) is 0.376. The summed E-state index contributed by atoms with van der Waals surface area (Å²) in [5, 5.41) is 3.35. The Balaban J connectivity index is 2.64. The first-order valence-electron chi connectivity index (χ1n) is 8.49. The average molecular weight is 297 g/mol. The first-order valence-corrected chi connectivity index (χ1v) is 8.49. The predicted octanol–water partition coefficient (Wildman–Crippen LogP) is 2.52. The van der Waals surface area contributed by atoms with Gasteiger partial charge in [-0.25, -0.2) is 0 Å². The number of rotatable bonds is 7. The molecule has 0 aromatic carbocycles. The number of carbonyl (C=O) groups is 1. The van der Waals surface area contributed by atoms with Crippen LogP contribution < -0.4 is 11.1 Å². The SMILES string of the molecule is CCCNC(C)(CC(C)N1CCCC(C)(C)CC1)C(N)=O. The largest absolute Gasteiger partial charge is 0.368 e. The number of amides is 1. The lowest BCUT2D eigenvalue weighted by atomic mass is 9.85. The monoisotopic (exact) mass is 297 g/mol. The van der Waals surface area contributed by atoms with Crippen molar-refractivity contribution in [3.63, 3.8) is 0 Å². The quantitative estimate of drug-likeness (QED) is 0.759. The second kappa shape index (κ2) is 7.59. The lowest BCUT2D eigenvalue weighted by molar-refractivity contribution is -0.124. The Bertz CT molecular complexity index is 343. The zero-order valence-corrected chi connectivity index (χ0v) is 14.7. The van der Waals surface area contributed by atoms with Gasteiger partial charge < -0.3 is 16.0 Å². The summed E-state index contributed by atoms with van der Waals surface area (Å²) in [7, 11) is 0. The molecule has 0 saturated carbocycles. The highest BCUT2D eigenvalue weighted by atomic mass is 16.1. The van der Waals surface area contributed by atoms with Crippen LogP contribution in [0.4, 0.5) is 0 Å². The fourth-order valence-corrected chi connectivity index (χ4v) is 3.27. The van der Waals surface area contributed by atoms with E-state index in [1.54, 1.807) is 0 Å². The minimum Gasteiger partial charge on any atom is -0.368 e. The van der Waals surface area contributed by atoms with E-state index in [1.807, 2.05) is 6.92 Å². The molecule has 1 aliphatic heterocycles. The summed E-state index contributed by atoms with van der Waals surface area (Å²) in [5.41, 5.74) is 5.49. The molecule has 21 heavy (non-hydrogen) atoms. The van der Waals surface area contributed by atoms with Crippen LogP contribution >= 0.6 is 0 Å². The van der Waals surface area contributed by atoms with Crippen molar-refractivity contribution >= 4 is 5.91 Å². The number of nitrogens with two attached hydrogens (primary N) is 1. The van der Waals surface area contributed by atoms with Gasteiger partial charge in [0.05, 0.1) is 5.54 Å². The molecule has 1 saturated heterocycles. The molecular weight excluding hydrogens is 262 g/mol. The van der Waals surface area contributed by atoms with E-state index in [-0.39, 0.29) is 5.91 Å². The second-order valence-electron chi connectivity index (χ2n) is 7.73. The van der Waals surface area contributed by atoms with Crippen molar-refractivity contribution < 1.29 is 4.79 Å².